The van der Waals surface area contributed by atoms with Gasteiger partial charge in [0.1, 0.15) is 18.0 Å². The number of piperidine rings is 1. The third-order valence-corrected chi connectivity index (χ3v) is 4.64. The van der Waals surface area contributed by atoms with Crippen LogP contribution in [0.1, 0.15) is 31.0 Å². The first-order valence-corrected chi connectivity index (χ1v) is 8.48. The zero-order chi connectivity index (χ0) is 16.1. The van der Waals surface area contributed by atoms with Crippen molar-refractivity contribution in [3.05, 3.63) is 42.0 Å². The predicted octanol–water partition coefficient (Wildman–Crippen LogP) is 3.07. The van der Waals surface area contributed by atoms with Crippen LogP contribution in [0.25, 0.3) is 0 Å². The van der Waals surface area contributed by atoms with E-state index in [0.717, 1.165) is 43.4 Å². The van der Waals surface area contributed by atoms with E-state index in [9.17, 15) is 0 Å². The van der Waals surface area contributed by atoms with E-state index < -0.39 is 0 Å². The Hall–Kier alpha value is -2.17. The molecule has 0 radical (unpaired) electrons. The standard InChI is InChI=1S/C18H25N5/c1-3-16-14(2)21-13-22-18(16)23-10-7-15(8-11-23)12-20-17-6-4-5-9-19-17/h4-6,9,13,15H,3,7-8,10-12H2,1-2H3,(H,19,20). The van der Waals surface area contributed by atoms with Crippen LogP contribution < -0.4 is 10.2 Å². The fourth-order valence-corrected chi connectivity index (χ4v) is 3.24. The van der Waals surface area contributed by atoms with Gasteiger partial charge in [0.25, 0.3) is 0 Å². The Morgan fingerprint density at radius 1 is 1.17 bits per heavy atom. The average Bonchev–Trinajstić information content (AvgIpc) is 2.61. The summed E-state index contributed by atoms with van der Waals surface area (Å²) in [6.45, 7) is 7.39. The quantitative estimate of drug-likeness (QED) is 0.919. The monoisotopic (exact) mass is 311 g/mol. The van der Waals surface area contributed by atoms with Gasteiger partial charge in [-0.3, -0.25) is 0 Å². The van der Waals surface area contributed by atoms with E-state index in [-0.39, 0.29) is 0 Å². The average molecular weight is 311 g/mol. The van der Waals surface area contributed by atoms with Gasteiger partial charge < -0.3 is 10.2 Å². The highest BCUT2D eigenvalue weighted by atomic mass is 15.2. The molecule has 2 aromatic heterocycles. The lowest BCUT2D eigenvalue weighted by Gasteiger charge is -2.34. The summed E-state index contributed by atoms with van der Waals surface area (Å²) in [5, 5.41) is 3.45. The van der Waals surface area contributed by atoms with E-state index >= 15 is 0 Å². The largest absolute Gasteiger partial charge is 0.370 e. The number of rotatable bonds is 5. The number of hydrogen-bond acceptors (Lipinski definition) is 5. The zero-order valence-corrected chi connectivity index (χ0v) is 14.0. The fourth-order valence-electron chi connectivity index (χ4n) is 3.24. The van der Waals surface area contributed by atoms with Crippen molar-refractivity contribution in [1.82, 2.24) is 15.0 Å². The third kappa shape index (κ3) is 3.78. The lowest BCUT2D eigenvalue weighted by molar-refractivity contribution is 0.421. The highest BCUT2D eigenvalue weighted by molar-refractivity contribution is 5.48. The number of anilines is 2. The summed E-state index contributed by atoms with van der Waals surface area (Å²) in [4.78, 5) is 15.6. The molecule has 0 aromatic carbocycles. The minimum Gasteiger partial charge on any atom is -0.370 e. The van der Waals surface area contributed by atoms with Crippen LogP contribution in [0.5, 0.6) is 0 Å². The van der Waals surface area contributed by atoms with E-state index in [4.69, 9.17) is 0 Å². The van der Waals surface area contributed by atoms with Crippen LogP contribution in [0, 0.1) is 12.8 Å². The molecule has 0 amide bonds. The van der Waals surface area contributed by atoms with E-state index in [0.29, 0.717) is 5.92 Å². The SMILES string of the molecule is CCc1c(C)ncnc1N1CCC(CNc2ccccn2)CC1. The number of nitrogens with one attached hydrogen (secondary N) is 1. The van der Waals surface area contributed by atoms with Crippen molar-refractivity contribution in [3.8, 4) is 0 Å². The van der Waals surface area contributed by atoms with Crippen LogP contribution in [0.4, 0.5) is 11.6 Å². The molecule has 5 nitrogen and oxygen atoms in total. The molecule has 1 aliphatic rings. The Kier molecular flexibility index (Phi) is 5.05. The molecule has 23 heavy (non-hydrogen) atoms. The second kappa shape index (κ2) is 7.40. The fraction of sp³-hybridized carbons (Fsp3) is 0.500. The summed E-state index contributed by atoms with van der Waals surface area (Å²) in [6, 6.07) is 5.98. The van der Waals surface area contributed by atoms with Gasteiger partial charge in [-0.15, -0.1) is 0 Å². The Balaban J connectivity index is 1.55. The van der Waals surface area contributed by atoms with Crippen molar-refractivity contribution in [2.75, 3.05) is 29.9 Å². The summed E-state index contributed by atoms with van der Waals surface area (Å²) < 4.78 is 0. The van der Waals surface area contributed by atoms with Crippen molar-refractivity contribution in [3.63, 3.8) is 0 Å². The second-order valence-electron chi connectivity index (χ2n) is 6.14. The highest BCUT2D eigenvalue weighted by Crippen LogP contribution is 2.26. The molecule has 0 atom stereocenters. The van der Waals surface area contributed by atoms with Crippen LogP contribution >= 0.6 is 0 Å². The molecule has 0 spiro atoms. The molecule has 2 aromatic rings. The molecule has 1 N–H and O–H groups in total. The molecule has 0 bridgehead atoms. The number of aryl methyl sites for hydroxylation is 1. The van der Waals surface area contributed by atoms with Gasteiger partial charge >= 0.3 is 0 Å². The van der Waals surface area contributed by atoms with Gasteiger partial charge in [-0.2, -0.15) is 0 Å². The molecule has 3 heterocycles. The number of pyridine rings is 1. The normalized spacial score (nSPS) is 15.7. The first kappa shape index (κ1) is 15.7. The maximum Gasteiger partial charge on any atom is 0.135 e. The smallest absolute Gasteiger partial charge is 0.135 e. The van der Waals surface area contributed by atoms with Gasteiger partial charge in [0.15, 0.2) is 0 Å². The van der Waals surface area contributed by atoms with Crippen molar-refractivity contribution in [1.29, 1.82) is 0 Å². The maximum atomic E-state index is 4.54. The first-order chi connectivity index (χ1) is 11.3. The molecule has 0 aliphatic carbocycles. The second-order valence-corrected chi connectivity index (χ2v) is 6.14. The van der Waals surface area contributed by atoms with Gasteiger partial charge in [-0.25, -0.2) is 15.0 Å². The first-order valence-electron chi connectivity index (χ1n) is 8.48. The Morgan fingerprint density at radius 2 is 2.00 bits per heavy atom. The van der Waals surface area contributed by atoms with Gasteiger partial charge in [0.2, 0.25) is 0 Å². The summed E-state index contributed by atoms with van der Waals surface area (Å²) in [5.41, 5.74) is 2.40. The van der Waals surface area contributed by atoms with Crippen LogP contribution in [-0.2, 0) is 6.42 Å². The lowest BCUT2D eigenvalue weighted by atomic mass is 9.96. The van der Waals surface area contributed by atoms with Crippen molar-refractivity contribution in [2.24, 2.45) is 5.92 Å². The summed E-state index contributed by atoms with van der Waals surface area (Å²) in [7, 11) is 0. The molecule has 3 rings (SSSR count). The van der Waals surface area contributed by atoms with Crippen molar-refractivity contribution in [2.45, 2.75) is 33.1 Å². The van der Waals surface area contributed by atoms with Crippen LogP contribution in [0.2, 0.25) is 0 Å². The Labute approximate surface area is 138 Å². The molecular weight excluding hydrogens is 286 g/mol. The van der Waals surface area contributed by atoms with Crippen LogP contribution in [0.3, 0.4) is 0 Å². The molecule has 0 unspecified atom stereocenters. The van der Waals surface area contributed by atoms with Gasteiger partial charge in [-0.1, -0.05) is 13.0 Å². The lowest BCUT2D eigenvalue weighted by Crippen LogP contribution is -2.37. The predicted molar refractivity (Wildman–Crippen MR) is 93.8 cm³/mol. The molecular formula is C18H25N5. The number of aromatic nitrogens is 3. The topological polar surface area (TPSA) is 53.9 Å². The van der Waals surface area contributed by atoms with Gasteiger partial charge in [-0.05, 0) is 44.2 Å². The molecule has 1 aliphatic heterocycles. The Morgan fingerprint density at radius 3 is 2.70 bits per heavy atom. The Bertz CT molecular complexity index is 621. The van der Waals surface area contributed by atoms with Crippen LogP contribution in [0.15, 0.2) is 30.7 Å². The maximum absolute atomic E-state index is 4.54. The minimum absolute atomic E-state index is 0.696. The molecule has 0 saturated carbocycles. The third-order valence-electron chi connectivity index (χ3n) is 4.64. The summed E-state index contributed by atoms with van der Waals surface area (Å²) in [5.74, 6) is 2.80. The minimum atomic E-state index is 0.696. The van der Waals surface area contributed by atoms with E-state index in [2.05, 4.69) is 39.0 Å². The molecule has 1 fully saturated rings. The zero-order valence-electron chi connectivity index (χ0n) is 14.0. The molecule has 1 saturated heterocycles. The van der Waals surface area contributed by atoms with E-state index in [1.807, 2.05) is 24.4 Å². The number of hydrogen-bond donors (Lipinski definition) is 1. The van der Waals surface area contributed by atoms with Crippen molar-refractivity contribution < 1.29 is 0 Å². The van der Waals surface area contributed by atoms with E-state index in [1.54, 1.807) is 6.33 Å². The number of nitrogens with zero attached hydrogens (tertiary/aromatic N) is 4. The highest BCUT2D eigenvalue weighted by Gasteiger charge is 2.22. The molecule has 122 valence electrons. The van der Waals surface area contributed by atoms with E-state index in [1.165, 1.54) is 18.4 Å². The van der Waals surface area contributed by atoms with Gasteiger partial charge in [0.05, 0.1) is 0 Å². The molecule has 5 heteroatoms. The van der Waals surface area contributed by atoms with Crippen molar-refractivity contribution >= 4 is 11.6 Å². The summed E-state index contributed by atoms with van der Waals surface area (Å²) in [6.07, 6.45) is 6.88. The van der Waals surface area contributed by atoms with Crippen LogP contribution in [-0.4, -0.2) is 34.6 Å². The van der Waals surface area contributed by atoms with Gasteiger partial charge in [0, 0.05) is 37.1 Å². The summed E-state index contributed by atoms with van der Waals surface area (Å²) >= 11 is 0.